The second-order valence-electron chi connectivity index (χ2n) is 17.2. The third-order valence-electron chi connectivity index (χ3n) is 11.0. The largest absolute Gasteiger partial charge is 0.481 e. The van der Waals surface area contributed by atoms with Crippen LogP contribution in [-0.2, 0) is 46.3 Å². The number of aromatic nitrogens is 2. The average molecular weight is 1020 g/mol. The number of phosphoric acid groups is 2. The molecule has 8 atom stereocenters. The molecule has 0 aliphatic carbocycles. The summed E-state index contributed by atoms with van der Waals surface area (Å²) < 4.78 is 56.6. The topological polar surface area (TPSA) is 286 Å². The van der Waals surface area contributed by atoms with Gasteiger partial charge in [0, 0.05) is 19.0 Å². The zero-order valence-electron chi connectivity index (χ0n) is 40.7. The number of nitrogens with zero attached hydrogens (tertiary/aromatic N) is 2. The van der Waals surface area contributed by atoms with Crippen LogP contribution in [0.4, 0.5) is 5.82 Å². The number of esters is 2. The van der Waals surface area contributed by atoms with Crippen molar-refractivity contribution in [2.45, 2.75) is 198 Å². The molecule has 0 radical (unpaired) electrons. The number of nitrogen functional groups attached to an aromatic ring is 1. The van der Waals surface area contributed by atoms with Crippen LogP contribution in [0.15, 0.2) is 65.7 Å². The molecule has 0 aromatic carbocycles. The summed E-state index contributed by atoms with van der Waals surface area (Å²) >= 11 is 0. The molecule has 1 aliphatic heterocycles. The molecule has 19 nitrogen and oxygen atoms in total. The van der Waals surface area contributed by atoms with Crippen molar-refractivity contribution in [3.8, 4) is 0 Å². The van der Waals surface area contributed by atoms with Gasteiger partial charge in [0.1, 0.15) is 30.7 Å². The molecule has 0 spiro atoms. The Kier molecular flexibility index (Phi) is 32.8. The number of aliphatic hydroxyl groups excluding tert-OH is 3. The van der Waals surface area contributed by atoms with Gasteiger partial charge in [-0.2, -0.15) is 9.29 Å². The lowest BCUT2D eigenvalue weighted by molar-refractivity contribution is -0.161. The van der Waals surface area contributed by atoms with Crippen LogP contribution in [0.3, 0.4) is 0 Å². The number of hydrogen-bond donors (Lipinski definition) is 6. The summed E-state index contributed by atoms with van der Waals surface area (Å²) in [5.41, 5.74) is 4.57. The van der Waals surface area contributed by atoms with E-state index in [4.69, 9.17) is 29.0 Å². The predicted octanol–water partition coefficient (Wildman–Crippen LogP) is 8.75. The van der Waals surface area contributed by atoms with Gasteiger partial charge in [0.05, 0.1) is 19.3 Å². The van der Waals surface area contributed by atoms with Gasteiger partial charge in [-0.05, 0) is 51.0 Å². The Labute approximate surface area is 408 Å². The third-order valence-corrected chi connectivity index (χ3v) is 13.6. The molecular formula is C48H81N3O16P2. The van der Waals surface area contributed by atoms with Crippen LogP contribution in [0.25, 0.3) is 0 Å². The first-order valence-corrected chi connectivity index (χ1v) is 27.7. The number of ether oxygens (including phenoxy) is 3. The summed E-state index contributed by atoms with van der Waals surface area (Å²) in [6.07, 6.45) is 29.4. The number of carbonyl (C=O) groups excluding carboxylic acids is 2. The third kappa shape index (κ3) is 29.6. The molecule has 7 N–H and O–H groups in total. The van der Waals surface area contributed by atoms with Crippen molar-refractivity contribution in [1.29, 1.82) is 0 Å². The van der Waals surface area contributed by atoms with E-state index in [9.17, 15) is 48.6 Å². The van der Waals surface area contributed by atoms with Gasteiger partial charge in [0.25, 0.3) is 0 Å². The summed E-state index contributed by atoms with van der Waals surface area (Å²) in [6.45, 7) is 1.99. The highest BCUT2D eigenvalue weighted by molar-refractivity contribution is 7.61. The van der Waals surface area contributed by atoms with Crippen LogP contribution in [0.1, 0.15) is 168 Å². The lowest BCUT2D eigenvalue weighted by Crippen LogP contribution is -2.36. The van der Waals surface area contributed by atoms with E-state index in [2.05, 4.69) is 29.2 Å². The van der Waals surface area contributed by atoms with E-state index in [0.29, 0.717) is 32.1 Å². The smallest absolute Gasteiger partial charge is 0.462 e. The molecule has 0 amide bonds. The molecule has 2 heterocycles. The number of anilines is 1. The van der Waals surface area contributed by atoms with Crippen molar-refractivity contribution in [3.05, 3.63) is 71.4 Å². The highest BCUT2D eigenvalue weighted by atomic mass is 31.3. The highest BCUT2D eigenvalue weighted by Crippen LogP contribution is 2.60. The standard InChI is InChI=1S/C48H81N3O16P2/c1-3-5-7-9-11-12-13-14-15-16-20-24-28-32-43(53)62-36-40(65-44(54)33-29-25-21-18-17-19-23-27-31-39(52)30-26-22-10-8-6-4-2)37-63-68(58,59)67-69(60,61)64-38-41-45(55)46(56)47(66-41)51-35-34-42(49)50-48(51)57/h18-19,21-23,26-27,31,34-35,39-41,45-47,52,55-56H,3-17,20,24-25,28-30,32-33,36-38H2,1-2H3,(H,58,59)(H,60,61)(H2,49,50,57)/b21-18-,23-19-,26-22-,31-27+/t39-,40+,41+,45+,46+,47+/m0/s1. The van der Waals surface area contributed by atoms with Crippen LogP contribution < -0.4 is 11.4 Å². The minimum Gasteiger partial charge on any atom is -0.462 e. The van der Waals surface area contributed by atoms with E-state index >= 15 is 0 Å². The van der Waals surface area contributed by atoms with Gasteiger partial charge in [0.2, 0.25) is 0 Å². The predicted molar refractivity (Wildman–Crippen MR) is 262 cm³/mol. The van der Waals surface area contributed by atoms with Crippen LogP contribution in [0.5, 0.6) is 0 Å². The van der Waals surface area contributed by atoms with Crippen molar-refractivity contribution in [2.24, 2.45) is 0 Å². The fraction of sp³-hybridized carbons (Fsp3) is 0.708. The quantitative estimate of drug-likeness (QED) is 0.0118. The van der Waals surface area contributed by atoms with E-state index < -0.39 is 89.8 Å². The molecule has 2 rings (SSSR count). The van der Waals surface area contributed by atoms with Crippen molar-refractivity contribution in [3.63, 3.8) is 0 Å². The van der Waals surface area contributed by atoms with Crippen LogP contribution in [-0.4, -0.2) is 96.9 Å². The Morgan fingerprint density at radius 1 is 0.768 bits per heavy atom. The van der Waals surface area contributed by atoms with Gasteiger partial charge in [-0.3, -0.25) is 23.2 Å². The minimum absolute atomic E-state index is 0.0572. The molecule has 0 bridgehead atoms. The molecule has 1 aromatic heterocycles. The van der Waals surface area contributed by atoms with Crippen molar-refractivity contribution in [2.75, 3.05) is 25.6 Å². The first kappa shape index (κ1) is 61.8. The van der Waals surface area contributed by atoms with E-state index in [1.54, 1.807) is 12.2 Å². The van der Waals surface area contributed by atoms with E-state index in [1.165, 1.54) is 70.3 Å². The van der Waals surface area contributed by atoms with Gasteiger partial charge in [-0.15, -0.1) is 0 Å². The molecule has 394 valence electrons. The number of phosphoric ester groups is 2. The Bertz CT molecular complexity index is 1860. The van der Waals surface area contributed by atoms with E-state index in [0.717, 1.165) is 49.3 Å². The Morgan fingerprint density at radius 2 is 1.36 bits per heavy atom. The van der Waals surface area contributed by atoms with Crippen molar-refractivity contribution < 1.29 is 71.4 Å². The molecular weight excluding hydrogens is 936 g/mol. The van der Waals surface area contributed by atoms with E-state index in [-0.39, 0.29) is 18.7 Å². The van der Waals surface area contributed by atoms with Gasteiger partial charge < -0.3 is 45.1 Å². The first-order chi connectivity index (χ1) is 33.1. The fourth-order valence-corrected chi connectivity index (χ4v) is 9.21. The number of carbonyl (C=O) groups is 2. The number of allylic oxidation sites excluding steroid dienone is 6. The zero-order valence-corrected chi connectivity index (χ0v) is 42.5. The number of unbranched alkanes of at least 4 members (excludes halogenated alkanes) is 16. The Morgan fingerprint density at radius 3 is 2.03 bits per heavy atom. The maximum atomic E-state index is 12.8. The second-order valence-corrected chi connectivity index (χ2v) is 20.2. The van der Waals surface area contributed by atoms with E-state index in [1.807, 2.05) is 30.4 Å². The Balaban J connectivity index is 1.86. The van der Waals surface area contributed by atoms with Gasteiger partial charge in [0.15, 0.2) is 12.3 Å². The molecule has 69 heavy (non-hydrogen) atoms. The normalized spacial score (nSPS) is 20.2. The molecule has 1 aromatic rings. The fourth-order valence-electron chi connectivity index (χ4n) is 7.10. The molecule has 1 fully saturated rings. The van der Waals surface area contributed by atoms with Crippen LogP contribution in [0, 0.1) is 0 Å². The maximum Gasteiger partial charge on any atom is 0.481 e. The second kappa shape index (κ2) is 36.6. The summed E-state index contributed by atoms with van der Waals surface area (Å²) in [5, 5.41) is 31.0. The number of aliphatic hydroxyl groups is 3. The van der Waals surface area contributed by atoms with Crippen LogP contribution in [0.2, 0.25) is 0 Å². The SMILES string of the molecule is CCCCC/C=C\C[C@H](O)/C=C/C=C\C/C=C\CCCC(=O)O[C@H](COC(=O)CCCCCCCCCCCCCCC)COP(=O)(O)OP(=O)(O)OC[C@H]1O[C@@H](n2ccc(N)nc2=O)[C@H](O)[C@@H]1O. The minimum atomic E-state index is -5.44. The molecule has 1 aliphatic rings. The lowest BCUT2D eigenvalue weighted by atomic mass is 10.0. The summed E-state index contributed by atoms with van der Waals surface area (Å²) in [6, 6.07) is 1.24. The zero-order chi connectivity index (χ0) is 50.8. The van der Waals surface area contributed by atoms with Gasteiger partial charge >= 0.3 is 33.3 Å². The molecule has 0 saturated carbocycles. The number of hydrogen-bond acceptors (Lipinski definition) is 16. The molecule has 2 unspecified atom stereocenters. The monoisotopic (exact) mass is 1020 g/mol. The Hall–Kier alpha value is -3.32. The highest BCUT2D eigenvalue weighted by Gasteiger charge is 2.46. The molecule has 1 saturated heterocycles. The van der Waals surface area contributed by atoms with Crippen molar-refractivity contribution in [1.82, 2.24) is 9.55 Å². The summed E-state index contributed by atoms with van der Waals surface area (Å²) in [5.74, 6) is -1.41. The lowest BCUT2D eigenvalue weighted by Gasteiger charge is -2.21. The van der Waals surface area contributed by atoms with Gasteiger partial charge in [-0.25, -0.2) is 13.9 Å². The summed E-state index contributed by atoms with van der Waals surface area (Å²) in [7, 11) is -10.9. The van der Waals surface area contributed by atoms with Gasteiger partial charge in [-0.1, -0.05) is 152 Å². The molecule has 21 heteroatoms. The first-order valence-electron chi connectivity index (χ1n) is 24.8. The maximum absolute atomic E-state index is 12.8. The van der Waals surface area contributed by atoms with Crippen molar-refractivity contribution >= 4 is 33.4 Å². The summed E-state index contributed by atoms with van der Waals surface area (Å²) in [4.78, 5) is 61.8. The number of rotatable bonds is 40. The average Bonchev–Trinajstić information content (AvgIpc) is 3.58. The van der Waals surface area contributed by atoms with Crippen LogP contribution >= 0.6 is 15.6 Å². The number of nitrogens with two attached hydrogens (primary N) is 1.